The maximum atomic E-state index is 5.84. The van der Waals surface area contributed by atoms with Crippen molar-refractivity contribution in [1.82, 2.24) is 9.97 Å². The molecule has 2 saturated heterocycles. The van der Waals surface area contributed by atoms with Gasteiger partial charge >= 0.3 is 0 Å². The van der Waals surface area contributed by atoms with Gasteiger partial charge in [0.15, 0.2) is 0 Å². The van der Waals surface area contributed by atoms with Gasteiger partial charge in [-0.05, 0) is 6.42 Å². The molecule has 74 valence electrons. The lowest BCUT2D eigenvalue weighted by Crippen LogP contribution is -2.34. The number of halogens is 1. The van der Waals surface area contributed by atoms with E-state index in [4.69, 9.17) is 11.6 Å². The van der Waals surface area contributed by atoms with Crippen LogP contribution in [0.1, 0.15) is 6.42 Å². The molecule has 3 nitrogen and oxygen atoms in total. The Labute approximate surface area is 91.9 Å². The molecule has 3 rings (SSSR count). The highest BCUT2D eigenvalue weighted by atomic mass is 35.5. The molecule has 1 aromatic rings. The smallest absolute Gasteiger partial charge is 0.134 e. The van der Waals surface area contributed by atoms with Crippen molar-refractivity contribution in [3.63, 3.8) is 0 Å². The van der Waals surface area contributed by atoms with Crippen LogP contribution in [0.2, 0.25) is 5.15 Å². The standard InChI is InChI=1S/C9H10ClN3S/c10-8-2-9(12-5-11-8)13-3-7-1-6(13)4-14-7/h2,5-7H,1,3-4H2. The van der Waals surface area contributed by atoms with E-state index in [1.807, 2.05) is 6.07 Å². The van der Waals surface area contributed by atoms with Gasteiger partial charge < -0.3 is 4.90 Å². The van der Waals surface area contributed by atoms with E-state index in [0.29, 0.717) is 11.2 Å². The summed E-state index contributed by atoms with van der Waals surface area (Å²) in [6.07, 6.45) is 2.84. The second-order valence-electron chi connectivity index (χ2n) is 3.70. The van der Waals surface area contributed by atoms with Crippen molar-refractivity contribution in [1.29, 1.82) is 0 Å². The molecule has 0 aliphatic carbocycles. The zero-order valence-corrected chi connectivity index (χ0v) is 9.13. The summed E-state index contributed by atoms with van der Waals surface area (Å²) in [7, 11) is 0. The minimum absolute atomic E-state index is 0.533. The van der Waals surface area contributed by atoms with Crippen LogP contribution in [0, 0.1) is 0 Å². The fourth-order valence-electron chi connectivity index (χ4n) is 2.16. The summed E-state index contributed by atoms with van der Waals surface area (Å²) in [6, 6.07) is 2.52. The second-order valence-corrected chi connectivity index (χ2v) is 5.42. The van der Waals surface area contributed by atoms with E-state index in [1.165, 1.54) is 18.5 Å². The van der Waals surface area contributed by atoms with E-state index < -0.39 is 0 Å². The second kappa shape index (κ2) is 3.28. The number of aromatic nitrogens is 2. The van der Waals surface area contributed by atoms with Crippen LogP contribution in [0.15, 0.2) is 12.4 Å². The lowest BCUT2D eigenvalue weighted by atomic mass is 10.2. The van der Waals surface area contributed by atoms with Crippen molar-refractivity contribution in [3.05, 3.63) is 17.5 Å². The third-order valence-electron chi connectivity index (χ3n) is 2.81. The van der Waals surface area contributed by atoms with Crippen LogP contribution in [0.4, 0.5) is 5.82 Å². The fraction of sp³-hybridized carbons (Fsp3) is 0.556. The van der Waals surface area contributed by atoms with Crippen molar-refractivity contribution in [3.8, 4) is 0 Å². The number of nitrogens with zero attached hydrogens (tertiary/aromatic N) is 3. The lowest BCUT2D eigenvalue weighted by molar-refractivity contribution is 0.750. The molecule has 0 radical (unpaired) electrons. The molecular formula is C9H10ClN3S. The summed E-state index contributed by atoms with van der Waals surface area (Å²) < 4.78 is 0. The topological polar surface area (TPSA) is 29.0 Å². The van der Waals surface area contributed by atoms with E-state index in [-0.39, 0.29) is 0 Å². The van der Waals surface area contributed by atoms with Gasteiger partial charge in [-0.2, -0.15) is 11.8 Å². The summed E-state index contributed by atoms with van der Waals surface area (Å²) in [4.78, 5) is 10.5. The number of rotatable bonds is 1. The quantitative estimate of drug-likeness (QED) is 0.685. The number of thioether (sulfide) groups is 1. The van der Waals surface area contributed by atoms with Crippen molar-refractivity contribution < 1.29 is 0 Å². The molecule has 14 heavy (non-hydrogen) atoms. The van der Waals surface area contributed by atoms with Gasteiger partial charge in [-0.25, -0.2) is 9.97 Å². The normalized spacial score (nSPS) is 29.9. The zero-order valence-electron chi connectivity index (χ0n) is 7.56. The van der Waals surface area contributed by atoms with E-state index in [0.717, 1.165) is 17.6 Å². The molecule has 2 aliphatic rings. The Bertz CT molecular complexity index is 360. The van der Waals surface area contributed by atoms with E-state index >= 15 is 0 Å². The number of anilines is 1. The van der Waals surface area contributed by atoms with Crippen molar-refractivity contribution >= 4 is 29.2 Å². The summed E-state index contributed by atoms with van der Waals surface area (Å²) >= 11 is 7.92. The maximum absolute atomic E-state index is 5.84. The Hall–Kier alpha value is -0.480. The van der Waals surface area contributed by atoms with Crippen LogP contribution in [0.3, 0.4) is 0 Å². The fourth-order valence-corrected chi connectivity index (χ4v) is 3.74. The summed E-state index contributed by atoms with van der Waals surface area (Å²) in [5.41, 5.74) is 0. The molecule has 0 saturated carbocycles. The summed E-state index contributed by atoms with van der Waals surface area (Å²) in [6.45, 7) is 1.11. The third kappa shape index (κ3) is 1.37. The summed E-state index contributed by atoms with van der Waals surface area (Å²) in [5, 5.41) is 1.33. The van der Waals surface area contributed by atoms with Crippen LogP contribution in [-0.2, 0) is 0 Å². The Morgan fingerprint density at radius 1 is 1.50 bits per heavy atom. The summed E-state index contributed by atoms with van der Waals surface area (Å²) in [5.74, 6) is 2.21. The van der Waals surface area contributed by atoms with Crippen molar-refractivity contribution in [2.45, 2.75) is 17.7 Å². The average molecular weight is 228 g/mol. The number of fused-ring (bicyclic) bond motifs is 2. The van der Waals surface area contributed by atoms with Gasteiger partial charge in [0.2, 0.25) is 0 Å². The van der Waals surface area contributed by atoms with Crippen molar-refractivity contribution in [2.24, 2.45) is 0 Å². The van der Waals surface area contributed by atoms with E-state index in [2.05, 4.69) is 26.6 Å². The highest BCUT2D eigenvalue weighted by Crippen LogP contribution is 2.39. The molecule has 3 heterocycles. The number of hydrogen-bond donors (Lipinski definition) is 0. The minimum atomic E-state index is 0.533. The van der Waals surface area contributed by atoms with Crippen LogP contribution in [0.5, 0.6) is 0 Å². The number of hydrogen-bond acceptors (Lipinski definition) is 4. The lowest BCUT2D eigenvalue weighted by Gasteiger charge is -2.27. The molecule has 0 spiro atoms. The molecule has 2 atom stereocenters. The third-order valence-corrected chi connectivity index (χ3v) is 4.41. The van der Waals surface area contributed by atoms with Gasteiger partial charge in [0.1, 0.15) is 17.3 Å². The Balaban J connectivity index is 1.89. The van der Waals surface area contributed by atoms with Gasteiger partial charge in [0.05, 0.1) is 0 Å². The molecule has 2 bridgehead atoms. The minimum Gasteiger partial charge on any atom is -0.352 e. The largest absolute Gasteiger partial charge is 0.352 e. The first-order chi connectivity index (χ1) is 6.83. The predicted molar refractivity (Wildman–Crippen MR) is 59.0 cm³/mol. The van der Waals surface area contributed by atoms with Gasteiger partial charge in [-0.1, -0.05) is 11.6 Å². The first kappa shape index (κ1) is 8.80. The zero-order chi connectivity index (χ0) is 9.54. The molecule has 0 N–H and O–H groups in total. The van der Waals surface area contributed by atoms with Crippen LogP contribution >= 0.6 is 23.4 Å². The molecule has 0 amide bonds. The Morgan fingerprint density at radius 3 is 3.07 bits per heavy atom. The highest BCUT2D eigenvalue weighted by molar-refractivity contribution is 8.00. The Morgan fingerprint density at radius 2 is 2.43 bits per heavy atom. The molecule has 5 heteroatoms. The molecule has 0 aromatic carbocycles. The van der Waals surface area contributed by atoms with Gasteiger partial charge in [-0.15, -0.1) is 0 Å². The maximum Gasteiger partial charge on any atom is 0.134 e. The van der Waals surface area contributed by atoms with Gasteiger partial charge in [0.25, 0.3) is 0 Å². The van der Waals surface area contributed by atoms with E-state index in [1.54, 1.807) is 0 Å². The van der Waals surface area contributed by atoms with Crippen LogP contribution in [0.25, 0.3) is 0 Å². The van der Waals surface area contributed by atoms with E-state index in [9.17, 15) is 0 Å². The molecule has 1 aromatic heterocycles. The average Bonchev–Trinajstić information content (AvgIpc) is 2.78. The van der Waals surface area contributed by atoms with Gasteiger partial charge in [-0.3, -0.25) is 0 Å². The Kier molecular flexibility index (Phi) is 2.06. The first-order valence-electron chi connectivity index (χ1n) is 4.69. The molecule has 2 fully saturated rings. The highest BCUT2D eigenvalue weighted by Gasteiger charge is 2.39. The monoisotopic (exact) mass is 227 g/mol. The van der Waals surface area contributed by atoms with Crippen LogP contribution < -0.4 is 4.90 Å². The first-order valence-corrected chi connectivity index (χ1v) is 6.11. The molecule has 2 aliphatic heterocycles. The van der Waals surface area contributed by atoms with Gasteiger partial charge in [0, 0.05) is 29.7 Å². The molecule has 2 unspecified atom stereocenters. The predicted octanol–water partition coefficient (Wildman–Crippen LogP) is 1.82. The molecular weight excluding hydrogens is 218 g/mol. The van der Waals surface area contributed by atoms with Crippen LogP contribution in [-0.4, -0.2) is 33.6 Å². The van der Waals surface area contributed by atoms with Crippen molar-refractivity contribution in [2.75, 3.05) is 17.2 Å². The SMILES string of the molecule is Clc1cc(N2CC3CC2CS3)ncn1.